The van der Waals surface area contributed by atoms with E-state index < -0.39 is 11.6 Å². The van der Waals surface area contributed by atoms with Crippen LogP contribution in [-0.2, 0) is 10.3 Å². The molecular weight excluding hydrogens is 584 g/mol. The van der Waals surface area contributed by atoms with Crippen molar-refractivity contribution < 1.29 is 23.8 Å². The Morgan fingerprint density at radius 2 is 1.48 bits per heavy atom. The summed E-state index contributed by atoms with van der Waals surface area (Å²) in [6.07, 6.45) is 0. The smallest absolute Gasteiger partial charge is 0.323 e. The molecule has 0 unspecified atom stereocenters. The number of aromatic nitrogens is 2. The van der Waals surface area contributed by atoms with Crippen LogP contribution in [0.25, 0.3) is 33.6 Å². The van der Waals surface area contributed by atoms with Crippen molar-refractivity contribution in [3.63, 3.8) is 0 Å². The number of aliphatic hydroxyl groups is 1. The van der Waals surface area contributed by atoms with Gasteiger partial charge in [-0.3, -0.25) is 4.79 Å². The zero-order valence-electron chi connectivity index (χ0n) is 26.2. The number of anilines is 3. The van der Waals surface area contributed by atoms with Crippen LogP contribution in [0.1, 0.15) is 30.0 Å². The normalized spacial score (nSPS) is 13.5. The van der Waals surface area contributed by atoms with Crippen LogP contribution in [0.3, 0.4) is 0 Å². The van der Waals surface area contributed by atoms with E-state index in [-0.39, 0.29) is 5.91 Å². The number of rotatable bonds is 7. The lowest BCUT2D eigenvalue weighted by Gasteiger charge is -2.29. The summed E-state index contributed by atoms with van der Waals surface area (Å²) in [6.45, 7) is 6.04. The van der Waals surface area contributed by atoms with Gasteiger partial charge in [0.1, 0.15) is 22.9 Å². The first kappa shape index (κ1) is 30.8. The lowest BCUT2D eigenvalue weighted by atomic mass is 10.1. The fourth-order valence-corrected chi connectivity index (χ4v) is 5.18. The van der Waals surface area contributed by atoms with Gasteiger partial charge in [0.2, 0.25) is 0 Å². The summed E-state index contributed by atoms with van der Waals surface area (Å²) in [5, 5.41) is 16.9. The van der Waals surface area contributed by atoms with E-state index in [1.807, 2.05) is 36.4 Å². The lowest BCUT2D eigenvalue weighted by molar-refractivity contribution is 0.0548. The topological polar surface area (TPSA) is 133 Å². The van der Waals surface area contributed by atoms with Gasteiger partial charge in [-0.1, -0.05) is 6.07 Å². The molecule has 2 aromatic heterocycles. The third-order valence-electron chi connectivity index (χ3n) is 7.68. The molecule has 1 saturated heterocycles. The highest BCUT2D eigenvalue weighted by molar-refractivity contribution is 6.00. The summed E-state index contributed by atoms with van der Waals surface area (Å²) >= 11 is 0. The largest absolute Gasteiger partial charge is 0.458 e. The van der Waals surface area contributed by atoms with E-state index >= 15 is 0 Å². The SMILES string of the molecule is CN(C)C(=O)c1ccc(NC(=O)Nc2ccc(-c3nc(N4CCOCC4)c4ccc(-c5ccc(C(C)(C)O)o5)cc4n3)cc2)cc1. The molecule has 11 nitrogen and oxygen atoms in total. The Bertz CT molecular complexity index is 1870. The van der Waals surface area contributed by atoms with Crippen molar-refractivity contribution in [2.75, 3.05) is 55.9 Å². The second-order valence-corrected chi connectivity index (χ2v) is 11.9. The molecule has 1 aliphatic heterocycles. The second-order valence-electron chi connectivity index (χ2n) is 11.9. The predicted octanol–water partition coefficient (Wildman–Crippen LogP) is 5.97. The van der Waals surface area contributed by atoms with Gasteiger partial charge in [0, 0.05) is 60.6 Å². The molecule has 0 bridgehead atoms. The number of furan rings is 1. The molecule has 0 atom stereocenters. The summed E-state index contributed by atoms with van der Waals surface area (Å²) in [6, 6.07) is 23.2. The van der Waals surface area contributed by atoms with Crippen LogP contribution in [0, 0.1) is 0 Å². The Kier molecular flexibility index (Phi) is 8.44. The Hall–Kier alpha value is -5.26. The molecule has 0 radical (unpaired) electrons. The molecule has 3 N–H and O–H groups in total. The van der Waals surface area contributed by atoms with Gasteiger partial charge in [0.15, 0.2) is 5.82 Å². The summed E-state index contributed by atoms with van der Waals surface area (Å²) in [4.78, 5) is 38.4. The Morgan fingerprint density at radius 3 is 2.09 bits per heavy atom. The third-order valence-corrected chi connectivity index (χ3v) is 7.68. The molecule has 3 aromatic carbocycles. The van der Waals surface area contributed by atoms with Gasteiger partial charge in [-0.05, 0) is 86.6 Å². The highest BCUT2D eigenvalue weighted by Gasteiger charge is 2.22. The maximum atomic E-state index is 12.7. The minimum Gasteiger partial charge on any atom is -0.458 e. The molecule has 5 aromatic rings. The number of hydrogen-bond donors (Lipinski definition) is 3. The first-order valence-corrected chi connectivity index (χ1v) is 15.0. The number of hydrogen-bond acceptors (Lipinski definition) is 8. The highest BCUT2D eigenvalue weighted by Crippen LogP contribution is 2.34. The zero-order valence-corrected chi connectivity index (χ0v) is 26.2. The highest BCUT2D eigenvalue weighted by atomic mass is 16.5. The average molecular weight is 621 g/mol. The van der Waals surface area contributed by atoms with Crippen LogP contribution in [0.15, 0.2) is 83.3 Å². The van der Waals surface area contributed by atoms with Crippen LogP contribution in [-0.4, -0.2) is 72.3 Å². The Balaban J connectivity index is 1.24. The van der Waals surface area contributed by atoms with Crippen molar-refractivity contribution in [3.05, 3.63) is 90.2 Å². The number of benzene rings is 3. The van der Waals surface area contributed by atoms with E-state index in [0.717, 1.165) is 27.8 Å². The number of morpholine rings is 1. The van der Waals surface area contributed by atoms with E-state index in [0.29, 0.717) is 60.6 Å². The Labute approximate surface area is 266 Å². The van der Waals surface area contributed by atoms with Crippen molar-refractivity contribution in [3.8, 4) is 22.7 Å². The molecule has 11 heteroatoms. The van der Waals surface area contributed by atoms with Gasteiger partial charge in [0.05, 0.1) is 18.7 Å². The fraction of sp³-hybridized carbons (Fsp3) is 0.257. The number of amides is 3. The van der Waals surface area contributed by atoms with E-state index in [1.54, 1.807) is 70.4 Å². The minimum atomic E-state index is -1.09. The van der Waals surface area contributed by atoms with Crippen molar-refractivity contribution in [2.24, 2.45) is 0 Å². The summed E-state index contributed by atoms with van der Waals surface area (Å²) in [5.41, 5.74) is 2.99. The molecule has 3 heterocycles. The van der Waals surface area contributed by atoms with Gasteiger partial charge < -0.3 is 34.7 Å². The predicted molar refractivity (Wildman–Crippen MR) is 178 cm³/mol. The number of nitrogens with zero attached hydrogens (tertiary/aromatic N) is 4. The average Bonchev–Trinajstić information content (AvgIpc) is 3.56. The molecule has 0 spiro atoms. The minimum absolute atomic E-state index is 0.109. The maximum Gasteiger partial charge on any atom is 0.323 e. The van der Waals surface area contributed by atoms with Crippen molar-refractivity contribution >= 4 is 40.0 Å². The fourth-order valence-electron chi connectivity index (χ4n) is 5.18. The van der Waals surface area contributed by atoms with Gasteiger partial charge >= 0.3 is 6.03 Å². The number of urea groups is 1. The number of carbonyl (C=O) groups is 2. The summed E-state index contributed by atoms with van der Waals surface area (Å²) in [7, 11) is 3.38. The van der Waals surface area contributed by atoms with E-state index in [2.05, 4.69) is 15.5 Å². The standard InChI is InChI=1S/C35H36N6O5/c1-35(2,44)30-16-15-29(46-30)24-9-14-27-28(21-24)38-31(39-32(27)41-17-19-45-20-18-41)22-5-10-25(11-6-22)36-34(43)37-26-12-7-23(8-13-26)33(42)40(3)4/h5-16,21,44H,17-20H2,1-4H3,(H2,36,37,43). The number of nitrogens with one attached hydrogen (secondary N) is 2. The number of fused-ring (bicyclic) bond motifs is 1. The molecule has 1 fully saturated rings. The first-order chi connectivity index (χ1) is 22.0. The molecule has 0 saturated carbocycles. The number of ether oxygens (including phenoxy) is 1. The van der Waals surface area contributed by atoms with Gasteiger partial charge in [-0.15, -0.1) is 0 Å². The second kappa shape index (κ2) is 12.6. The van der Waals surface area contributed by atoms with E-state index in [9.17, 15) is 14.7 Å². The van der Waals surface area contributed by atoms with Crippen LogP contribution in [0.5, 0.6) is 0 Å². The monoisotopic (exact) mass is 620 g/mol. The van der Waals surface area contributed by atoms with Crippen LogP contribution in [0.4, 0.5) is 22.0 Å². The lowest BCUT2D eigenvalue weighted by Crippen LogP contribution is -2.37. The molecule has 0 aliphatic carbocycles. The quantitative estimate of drug-likeness (QED) is 0.203. The third kappa shape index (κ3) is 6.70. The Morgan fingerprint density at radius 1 is 0.848 bits per heavy atom. The first-order valence-electron chi connectivity index (χ1n) is 15.0. The van der Waals surface area contributed by atoms with Crippen LogP contribution >= 0.6 is 0 Å². The van der Waals surface area contributed by atoms with Crippen LogP contribution in [0.2, 0.25) is 0 Å². The number of carbonyl (C=O) groups excluding carboxylic acids is 2. The molecule has 1 aliphatic rings. The van der Waals surface area contributed by atoms with Crippen molar-refractivity contribution in [1.29, 1.82) is 0 Å². The van der Waals surface area contributed by atoms with Crippen molar-refractivity contribution in [1.82, 2.24) is 14.9 Å². The molecule has 3 amide bonds. The maximum absolute atomic E-state index is 12.7. The molecule has 6 rings (SSSR count). The van der Waals surface area contributed by atoms with Gasteiger partial charge in [-0.25, -0.2) is 14.8 Å². The van der Waals surface area contributed by atoms with Crippen LogP contribution < -0.4 is 15.5 Å². The summed E-state index contributed by atoms with van der Waals surface area (Å²) in [5.74, 6) is 2.38. The van der Waals surface area contributed by atoms with Gasteiger partial charge in [-0.2, -0.15) is 0 Å². The summed E-state index contributed by atoms with van der Waals surface area (Å²) < 4.78 is 11.6. The van der Waals surface area contributed by atoms with Gasteiger partial charge in [0.25, 0.3) is 5.91 Å². The molecule has 236 valence electrons. The van der Waals surface area contributed by atoms with Crippen molar-refractivity contribution in [2.45, 2.75) is 19.4 Å². The molecule has 46 heavy (non-hydrogen) atoms. The zero-order chi connectivity index (χ0) is 32.4. The van der Waals surface area contributed by atoms with E-state index in [1.165, 1.54) is 4.90 Å². The van der Waals surface area contributed by atoms with E-state index in [4.69, 9.17) is 19.1 Å². The molecular formula is C35H36N6O5.